The fraction of sp³-hybridized carbons (Fsp3) is 0.0625. The minimum Gasteiger partial charge on any atom is -0.444 e. The summed E-state index contributed by atoms with van der Waals surface area (Å²) in [6, 6.07) is 10.2. The molecular weight excluding hydrogens is 349 g/mol. The number of hydrogen-bond acceptors (Lipinski definition) is 7. The van der Waals surface area contributed by atoms with Crippen molar-refractivity contribution < 1.29 is 13.2 Å². The van der Waals surface area contributed by atoms with E-state index in [2.05, 4.69) is 15.2 Å². The minimum absolute atomic E-state index is 0.162. The van der Waals surface area contributed by atoms with E-state index in [-0.39, 0.29) is 5.89 Å². The van der Waals surface area contributed by atoms with E-state index >= 15 is 0 Å². The molecule has 0 aliphatic rings. The number of thiophene rings is 1. The molecule has 5 nitrogen and oxygen atoms in total. The Balaban J connectivity index is 1.45. The number of oxazole rings is 1. The third-order valence-corrected chi connectivity index (χ3v) is 4.85. The molecule has 3 aromatic heterocycles. The van der Waals surface area contributed by atoms with Crippen molar-refractivity contribution in [2.24, 2.45) is 0 Å². The highest BCUT2D eigenvalue weighted by molar-refractivity contribution is 7.98. The summed E-state index contributed by atoms with van der Waals surface area (Å²) in [5.74, 6) is 0.885. The number of benzene rings is 1. The topological polar surface area (TPSA) is 65.0 Å². The first kappa shape index (κ1) is 15.1. The normalized spacial score (nSPS) is 11.0. The standard InChI is InChI=1S/C16H10FN3O2S2/c17-12-5-2-1-4-11(12)14-19-20-16(22-14)24-9-10-8-21-15(18-10)13-6-3-7-23-13/h1-8H,9H2. The number of nitrogens with zero attached hydrogens (tertiary/aromatic N) is 3. The second-order valence-corrected chi connectivity index (χ2v) is 6.64. The van der Waals surface area contributed by atoms with Gasteiger partial charge in [0.05, 0.1) is 16.1 Å². The highest BCUT2D eigenvalue weighted by atomic mass is 32.2. The Morgan fingerprint density at radius 1 is 1.08 bits per heavy atom. The largest absolute Gasteiger partial charge is 0.444 e. The highest BCUT2D eigenvalue weighted by Gasteiger charge is 2.14. The van der Waals surface area contributed by atoms with Gasteiger partial charge >= 0.3 is 0 Å². The molecule has 0 N–H and O–H groups in total. The van der Waals surface area contributed by atoms with Crippen molar-refractivity contribution in [2.45, 2.75) is 11.0 Å². The van der Waals surface area contributed by atoms with Crippen LogP contribution in [-0.2, 0) is 5.75 Å². The summed E-state index contributed by atoms with van der Waals surface area (Å²) in [5, 5.41) is 10.1. The van der Waals surface area contributed by atoms with Gasteiger partial charge in [-0.05, 0) is 23.6 Å². The molecule has 0 unspecified atom stereocenters. The van der Waals surface area contributed by atoms with E-state index in [1.807, 2.05) is 17.5 Å². The predicted octanol–water partition coefficient (Wildman–Crippen LogP) is 4.88. The molecule has 0 aliphatic heterocycles. The molecule has 24 heavy (non-hydrogen) atoms. The Hall–Kier alpha value is -2.45. The predicted molar refractivity (Wildman–Crippen MR) is 89.1 cm³/mol. The first-order valence-corrected chi connectivity index (χ1v) is 8.85. The SMILES string of the molecule is Fc1ccccc1-c1nnc(SCc2coc(-c3cccs3)n2)o1. The van der Waals surface area contributed by atoms with Gasteiger partial charge in [0.15, 0.2) is 0 Å². The Kier molecular flexibility index (Phi) is 4.14. The van der Waals surface area contributed by atoms with E-state index in [0.717, 1.165) is 10.6 Å². The van der Waals surface area contributed by atoms with Gasteiger partial charge in [-0.1, -0.05) is 30.0 Å². The van der Waals surface area contributed by atoms with Crippen LogP contribution in [0.15, 0.2) is 62.1 Å². The number of rotatable bonds is 5. The lowest BCUT2D eigenvalue weighted by molar-refractivity contribution is 0.462. The summed E-state index contributed by atoms with van der Waals surface area (Å²) < 4.78 is 24.7. The minimum atomic E-state index is -0.394. The molecule has 8 heteroatoms. The molecule has 0 fully saturated rings. The molecule has 0 saturated heterocycles. The molecule has 4 aromatic rings. The summed E-state index contributed by atoms with van der Waals surface area (Å²) >= 11 is 2.89. The van der Waals surface area contributed by atoms with Crippen LogP contribution in [0.4, 0.5) is 4.39 Å². The lowest BCUT2D eigenvalue weighted by Crippen LogP contribution is -1.82. The highest BCUT2D eigenvalue weighted by Crippen LogP contribution is 2.28. The molecule has 0 aliphatic carbocycles. The smallest absolute Gasteiger partial charge is 0.277 e. The maximum absolute atomic E-state index is 13.7. The van der Waals surface area contributed by atoms with Gasteiger partial charge in [-0.25, -0.2) is 9.37 Å². The zero-order chi connectivity index (χ0) is 16.4. The Morgan fingerprint density at radius 3 is 2.83 bits per heavy atom. The van der Waals surface area contributed by atoms with Crippen LogP contribution in [0.25, 0.3) is 22.2 Å². The maximum atomic E-state index is 13.7. The Labute approximate surface area is 144 Å². The van der Waals surface area contributed by atoms with Crippen molar-refractivity contribution in [3.8, 4) is 22.2 Å². The van der Waals surface area contributed by atoms with E-state index in [4.69, 9.17) is 8.83 Å². The summed E-state index contributed by atoms with van der Waals surface area (Å²) in [5.41, 5.74) is 1.06. The van der Waals surface area contributed by atoms with E-state index < -0.39 is 5.82 Å². The van der Waals surface area contributed by atoms with Gasteiger partial charge in [-0.2, -0.15) is 0 Å². The van der Waals surface area contributed by atoms with Crippen LogP contribution in [0.1, 0.15) is 5.69 Å². The molecule has 0 spiro atoms. The van der Waals surface area contributed by atoms with Crippen LogP contribution >= 0.6 is 23.1 Å². The first-order valence-electron chi connectivity index (χ1n) is 6.99. The van der Waals surface area contributed by atoms with Gasteiger partial charge in [0.2, 0.25) is 5.89 Å². The van der Waals surface area contributed by atoms with Crippen LogP contribution in [0.3, 0.4) is 0 Å². The van der Waals surface area contributed by atoms with Gasteiger partial charge in [-0.15, -0.1) is 21.5 Å². The fourth-order valence-corrected chi connectivity index (χ4v) is 3.33. The lowest BCUT2D eigenvalue weighted by Gasteiger charge is -1.95. The molecule has 0 atom stereocenters. The van der Waals surface area contributed by atoms with Gasteiger partial charge in [-0.3, -0.25) is 0 Å². The van der Waals surface area contributed by atoms with Crippen molar-refractivity contribution in [1.29, 1.82) is 0 Å². The zero-order valence-corrected chi connectivity index (χ0v) is 13.8. The van der Waals surface area contributed by atoms with Crippen LogP contribution in [0.2, 0.25) is 0 Å². The first-order chi connectivity index (χ1) is 11.8. The van der Waals surface area contributed by atoms with Crippen molar-refractivity contribution in [2.75, 3.05) is 0 Å². The van der Waals surface area contributed by atoms with E-state index in [1.54, 1.807) is 35.8 Å². The Bertz CT molecular complexity index is 950. The average molecular weight is 359 g/mol. The van der Waals surface area contributed by atoms with Gasteiger partial charge in [0.1, 0.15) is 12.1 Å². The second-order valence-electron chi connectivity index (χ2n) is 4.76. The van der Waals surface area contributed by atoms with Crippen molar-refractivity contribution in [3.63, 3.8) is 0 Å². The molecule has 4 rings (SSSR count). The third-order valence-electron chi connectivity index (χ3n) is 3.14. The second kappa shape index (κ2) is 6.58. The molecule has 0 saturated carbocycles. The van der Waals surface area contributed by atoms with Crippen molar-refractivity contribution in [3.05, 3.63) is 59.6 Å². The van der Waals surface area contributed by atoms with Crippen molar-refractivity contribution in [1.82, 2.24) is 15.2 Å². The zero-order valence-electron chi connectivity index (χ0n) is 12.2. The number of halogens is 1. The number of thioether (sulfide) groups is 1. The summed E-state index contributed by atoms with van der Waals surface area (Å²) in [6.45, 7) is 0. The molecule has 1 aromatic carbocycles. The lowest BCUT2D eigenvalue weighted by atomic mass is 10.2. The molecule has 0 bridgehead atoms. The monoisotopic (exact) mass is 359 g/mol. The van der Waals surface area contributed by atoms with E-state index in [9.17, 15) is 4.39 Å². The van der Waals surface area contributed by atoms with Crippen LogP contribution in [0, 0.1) is 5.82 Å². The van der Waals surface area contributed by atoms with Gasteiger partial charge < -0.3 is 8.83 Å². The van der Waals surface area contributed by atoms with E-state index in [0.29, 0.717) is 22.4 Å². The molecule has 0 radical (unpaired) electrons. The molecule has 120 valence electrons. The summed E-state index contributed by atoms with van der Waals surface area (Å²) in [4.78, 5) is 5.40. The Morgan fingerprint density at radius 2 is 2.00 bits per heavy atom. The third kappa shape index (κ3) is 3.10. The molecule has 3 heterocycles. The quantitative estimate of drug-likeness (QED) is 0.473. The summed E-state index contributed by atoms with van der Waals surface area (Å²) in [7, 11) is 0. The number of hydrogen-bond donors (Lipinski definition) is 0. The number of aromatic nitrogens is 3. The summed E-state index contributed by atoms with van der Waals surface area (Å²) in [6.07, 6.45) is 1.61. The molecular formula is C16H10FN3O2S2. The van der Waals surface area contributed by atoms with Gasteiger partial charge in [0.25, 0.3) is 11.1 Å². The average Bonchev–Trinajstić information content (AvgIpc) is 3.34. The van der Waals surface area contributed by atoms with Crippen LogP contribution in [-0.4, -0.2) is 15.2 Å². The van der Waals surface area contributed by atoms with Crippen molar-refractivity contribution >= 4 is 23.1 Å². The fourth-order valence-electron chi connectivity index (χ4n) is 2.03. The molecule has 0 amide bonds. The van der Waals surface area contributed by atoms with E-state index in [1.165, 1.54) is 17.8 Å². The van der Waals surface area contributed by atoms with Gasteiger partial charge in [0, 0.05) is 5.75 Å². The van der Waals surface area contributed by atoms with Crippen LogP contribution in [0.5, 0.6) is 0 Å². The maximum Gasteiger partial charge on any atom is 0.277 e. The van der Waals surface area contributed by atoms with Crippen LogP contribution < -0.4 is 0 Å².